The van der Waals surface area contributed by atoms with Gasteiger partial charge in [-0.15, -0.1) is 0 Å². The molecular formula is C15H23NO3S. The fourth-order valence-corrected chi connectivity index (χ4v) is 3.13. The fraction of sp³-hybridized carbons (Fsp3) is 0.533. The van der Waals surface area contributed by atoms with Gasteiger partial charge in [0.05, 0.1) is 5.75 Å². The summed E-state index contributed by atoms with van der Waals surface area (Å²) in [4.78, 5) is 11.8. The normalized spacial score (nSPS) is 12.2. The summed E-state index contributed by atoms with van der Waals surface area (Å²) in [7, 11) is -3.45. The maximum atomic E-state index is 12.1. The van der Waals surface area contributed by atoms with Crippen molar-refractivity contribution in [3.05, 3.63) is 35.4 Å². The first-order valence-corrected chi connectivity index (χ1v) is 8.53. The summed E-state index contributed by atoms with van der Waals surface area (Å²) >= 11 is 0. The predicted octanol–water partition coefficient (Wildman–Crippen LogP) is 2.21. The van der Waals surface area contributed by atoms with E-state index in [1.54, 1.807) is 12.1 Å². The molecule has 0 aromatic heterocycles. The van der Waals surface area contributed by atoms with Crippen molar-refractivity contribution in [2.75, 3.05) is 5.75 Å². The average molecular weight is 297 g/mol. The van der Waals surface area contributed by atoms with Crippen molar-refractivity contribution in [3.63, 3.8) is 0 Å². The molecule has 1 aromatic carbocycles. The number of nitrogens with one attached hydrogen (secondary N) is 1. The molecule has 0 aliphatic heterocycles. The third-order valence-corrected chi connectivity index (χ3v) is 4.80. The number of carbonyl (C=O) groups excluding carboxylic acids is 1. The van der Waals surface area contributed by atoms with Gasteiger partial charge in [0.1, 0.15) is 5.75 Å². The molecule has 1 rings (SSSR count). The summed E-state index contributed by atoms with van der Waals surface area (Å²) in [5.74, 6) is -1.00. The van der Waals surface area contributed by atoms with Gasteiger partial charge in [0.15, 0.2) is 9.84 Å². The molecule has 0 fully saturated rings. The second-order valence-electron chi connectivity index (χ2n) is 5.74. The van der Waals surface area contributed by atoms with Crippen molar-refractivity contribution in [1.29, 1.82) is 0 Å². The van der Waals surface area contributed by atoms with E-state index in [-0.39, 0.29) is 11.3 Å². The number of benzene rings is 1. The van der Waals surface area contributed by atoms with Crippen molar-refractivity contribution in [2.45, 2.75) is 45.4 Å². The molecule has 0 heterocycles. The molecule has 0 radical (unpaired) electrons. The second-order valence-corrected chi connectivity index (χ2v) is 7.81. The molecule has 0 bridgehead atoms. The van der Waals surface area contributed by atoms with Crippen molar-refractivity contribution >= 4 is 15.7 Å². The fourth-order valence-electron chi connectivity index (χ4n) is 1.76. The minimum Gasteiger partial charge on any atom is -0.350 e. The van der Waals surface area contributed by atoms with Crippen molar-refractivity contribution < 1.29 is 13.2 Å². The van der Waals surface area contributed by atoms with Crippen molar-refractivity contribution in [3.8, 4) is 0 Å². The summed E-state index contributed by atoms with van der Waals surface area (Å²) in [6.07, 6.45) is 0.747. The zero-order valence-corrected chi connectivity index (χ0v) is 13.4. The van der Waals surface area contributed by atoms with E-state index in [4.69, 9.17) is 0 Å². The molecular weight excluding hydrogens is 274 g/mol. The van der Waals surface area contributed by atoms with Gasteiger partial charge in [-0.25, -0.2) is 8.42 Å². The summed E-state index contributed by atoms with van der Waals surface area (Å²) < 4.78 is 24.2. The maximum absolute atomic E-state index is 12.1. The Morgan fingerprint density at radius 2 is 1.85 bits per heavy atom. The van der Waals surface area contributed by atoms with Crippen LogP contribution in [0.25, 0.3) is 0 Å². The van der Waals surface area contributed by atoms with Crippen LogP contribution in [-0.2, 0) is 20.4 Å². The SMILES string of the molecule is CCC(C)(C)NC(=O)CS(=O)(=O)Cc1ccccc1C. The molecule has 1 amide bonds. The number of hydrogen-bond acceptors (Lipinski definition) is 3. The van der Waals surface area contributed by atoms with Gasteiger partial charge in [-0.05, 0) is 38.3 Å². The zero-order chi connectivity index (χ0) is 15.4. The van der Waals surface area contributed by atoms with Crippen LogP contribution in [0, 0.1) is 6.92 Å². The predicted molar refractivity (Wildman–Crippen MR) is 81.2 cm³/mol. The van der Waals surface area contributed by atoms with Gasteiger partial charge in [-0.1, -0.05) is 31.2 Å². The van der Waals surface area contributed by atoms with Crippen LogP contribution in [0.1, 0.15) is 38.3 Å². The lowest BCUT2D eigenvalue weighted by atomic mass is 10.0. The number of amides is 1. The van der Waals surface area contributed by atoms with E-state index < -0.39 is 21.5 Å². The monoisotopic (exact) mass is 297 g/mol. The van der Waals surface area contributed by atoms with E-state index in [1.807, 2.05) is 39.8 Å². The van der Waals surface area contributed by atoms with E-state index in [9.17, 15) is 13.2 Å². The van der Waals surface area contributed by atoms with Crippen LogP contribution in [0.15, 0.2) is 24.3 Å². The van der Waals surface area contributed by atoms with Gasteiger partial charge in [0, 0.05) is 5.54 Å². The van der Waals surface area contributed by atoms with Gasteiger partial charge in [-0.2, -0.15) is 0 Å². The first kappa shape index (κ1) is 16.7. The quantitative estimate of drug-likeness (QED) is 0.875. The molecule has 0 spiro atoms. The van der Waals surface area contributed by atoms with Crippen molar-refractivity contribution in [2.24, 2.45) is 0 Å². The minimum atomic E-state index is -3.45. The minimum absolute atomic E-state index is 0.0976. The molecule has 0 atom stereocenters. The second kappa shape index (κ2) is 6.39. The Morgan fingerprint density at radius 1 is 1.25 bits per heavy atom. The summed E-state index contributed by atoms with van der Waals surface area (Å²) in [6.45, 7) is 7.56. The molecule has 0 aliphatic carbocycles. The van der Waals surface area contributed by atoms with Crippen LogP contribution in [-0.4, -0.2) is 25.6 Å². The zero-order valence-electron chi connectivity index (χ0n) is 12.6. The van der Waals surface area contributed by atoms with Crippen LogP contribution < -0.4 is 5.32 Å². The number of sulfone groups is 1. The Morgan fingerprint density at radius 3 is 2.40 bits per heavy atom. The molecule has 0 saturated heterocycles. The Bertz CT molecular complexity index is 577. The molecule has 0 saturated carbocycles. The van der Waals surface area contributed by atoms with Gasteiger partial charge < -0.3 is 5.32 Å². The lowest BCUT2D eigenvalue weighted by Gasteiger charge is -2.24. The van der Waals surface area contributed by atoms with Crippen LogP contribution in [0.5, 0.6) is 0 Å². The Kier molecular flexibility index (Phi) is 5.34. The van der Waals surface area contributed by atoms with Gasteiger partial charge in [-0.3, -0.25) is 4.79 Å². The largest absolute Gasteiger partial charge is 0.350 e. The summed E-state index contributed by atoms with van der Waals surface area (Å²) in [6, 6.07) is 7.31. The number of aryl methyl sites for hydroxylation is 1. The van der Waals surface area contributed by atoms with Crippen molar-refractivity contribution in [1.82, 2.24) is 5.32 Å². The number of rotatable bonds is 6. The van der Waals surface area contributed by atoms with E-state index in [2.05, 4.69) is 5.32 Å². The van der Waals surface area contributed by atoms with Gasteiger partial charge >= 0.3 is 0 Å². The van der Waals surface area contributed by atoms with Crippen LogP contribution in [0.2, 0.25) is 0 Å². The van der Waals surface area contributed by atoms with Gasteiger partial charge in [0.25, 0.3) is 0 Å². The van der Waals surface area contributed by atoms with Crippen LogP contribution in [0.3, 0.4) is 0 Å². The first-order valence-electron chi connectivity index (χ1n) is 6.71. The molecule has 5 heteroatoms. The molecule has 112 valence electrons. The van der Waals surface area contributed by atoms with Gasteiger partial charge in [0.2, 0.25) is 5.91 Å². The highest BCUT2D eigenvalue weighted by molar-refractivity contribution is 7.91. The van der Waals surface area contributed by atoms with E-state index in [1.165, 1.54) is 0 Å². The lowest BCUT2D eigenvalue weighted by Crippen LogP contribution is -2.45. The topological polar surface area (TPSA) is 63.2 Å². The number of carbonyl (C=O) groups is 1. The first-order chi connectivity index (χ1) is 9.15. The molecule has 0 aliphatic rings. The van der Waals surface area contributed by atoms with E-state index in [0.717, 1.165) is 17.5 Å². The molecule has 20 heavy (non-hydrogen) atoms. The molecule has 4 nitrogen and oxygen atoms in total. The molecule has 1 aromatic rings. The Balaban J connectivity index is 2.72. The smallest absolute Gasteiger partial charge is 0.235 e. The highest BCUT2D eigenvalue weighted by atomic mass is 32.2. The highest BCUT2D eigenvalue weighted by Gasteiger charge is 2.23. The van der Waals surface area contributed by atoms with Crippen LogP contribution >= 0.6 is 0 Å². The summed E-state index contributed by atoms with van der Waals surface area (Å²) in [5, 5.41) is 2.74. The van der Waals surface area contributed by atoms with Crippen LogP contribution in [0.4, 0.5) is 0 Å². The Labute approximate surface area is 121 Å². The molecule has 1 N–H and O–H groups in total. The molecule has 0 unspecified atom stereocenters. The van der Waals surface area contributed by atoms with E-state index >= 15 is 0 Å². The Hall–Kier alpha value is -1.36. The highest BCUT2D eigenvalue weighted by Crippen LogP contribution is 2.12. The lowest BCUT2D eigenvalue weighted by molar-refractivity contribution is -0.120. The maximum Gasteiger partial charge on any atom is 0.235 e. The third-order valence-electron chi connectivity index (χ3n) is 3.35. The average Bonchev–Trinajstić information content (AvgIpc) is 2.30. The third kappa shape index (κ3) is 5.33. The standard InChI is InChI=1S/C15H23NO3S/c1-5-15(3,4)16-14(17)11-20(18,19)10-13-9-7-6-8-12(13)2/h6-9H,5,10-11H2,1-4H3,(H,16,17). The summed E-state index contributed by atoms with van der Waals surface area (Å²) in [5.41, 5.74) is 1.29. The van der Waals surface area contributed by atoms with E-state index in [0.29, 0.717) is 0 Å². The number of hydrogen-bond donors (Lipinski definition) is 1.